The molecule has 108 valence electrons. The first kappa shape index (κ1) is 17.5. The molecular formula is C13H21ClN2O3. The zero-order valence-electron chi connectivity index (χ0n) is 11.4. The van der Waals surface area contributed by atoms with Gasteiger partial charge in [0.2, 0.25) is 5.91 Å². The fraction of sp³-hybridized carbons (Fsp3) is 0.462. The first-order valence-electron chi connectivity index (χ1n) is 5.79. The second kappa shape index (κ2) is 7.86. The topological polar surface area (TPSA) is 75.8 Å². The highest BCUT2D eigenvalue weighted by atomic mass is 35.5. The molecule has 1 aromatic carbocycles. The molecule has 1 rings (SSSR count). The van der Waals surface area contributed by atoms with E-state index in [4.69, 9.17) is 10.5 Å². The maximum atomic E-state index is 11.7. The normalized spacial score (nSPS) is 11.4. The van der Waals surface area contributed by atoms with Gasteiger partial charge < -0.3 is 20.5 Å². The Hall–Kier alpha value is -1.46. The molecule has 0 aliphatic carbocycles. The summed E-state index contributed by atoms with van der Waals surface area (Å²) >= 11 is 0. The number of hydrogen-bond acceptors (Lipinski definition) is 4. The molecule has 1 amide bonds. The van der Waals surface area contributed by atoms with Crippen molar-refractivity contribution in [2.75, 3.05) is 14.2 Å². The van der Waals surface area contributed by atoms with Gasteiger partial charge in [-0.15, -0.1) is 12.4 Å². The van der Waals surface area contributed by atoms with Crippen molar-refractivity contribution in [3.63, 3.8) is 0 Å². The Kier molecular flexibility index (Phi) is 7.26. The number of aromatic hydroxyl groups is 1. The maximum absolute atomic E-state index is 11.7. The van der Waals surface area contributed by atoms with Gasteiger partial charge in [0.25, 0.3) is 0 Å². The molecule has 19 heavy (non-hydrogen) atoms. The van der Waals surface area contributed by atoms with E-state index in [9.17, 15) is 9.90 Å². The summed E-state index contributed by atoms with van der Waals surface area (Å²) in [6, 6.07) is 4.93. The minimum absolute atomic E-state index is 0. The second-order valence-corrected chi connectivity index (χ2v) is 4.44. The quantitative estimate of drug-likeness (QED) is 0.861. The van der Waals surface area contributed by atoms with Crippen LogP contribution >= 0.6 is 12.4 Å². The van der Waals surface area contributed by atoms with Crippen LogP contribution < -0.4 is 10.5 Å². The number of ether oxygens (including phenoxy) is 1. The lowest BCUT2D eigenvalue weighted by Gasteiger charge is -2.18. The second-order valence-electron chi connectivity index (χ2n) is 4.44. The van der Waals surface area contributed by atoms with Gasteiger partial charge in [-0.25, -0.2) is 0 Å². The lowest BCUT2D eigenvalue weighted by Crippen LogP contribution is -2.31. The van der Waals surface area contributed by atoms with Crippen molar-refractivity contribution >= 4 is 18.3 Å². The van der Waals surface area contributed by atoms with Gasteiger partial charge in [0.15, 0.2) is 11.5 Å². The molecule has 6 heteroatoms. The molecule has 0 saturated heterocycles. The molecule has 1 unspecified atom stereocenters. The number of carbonyl (C=O) groups excluding carboxylic acids is 1. The average molecular weight is 289 g/mol. The summed E-state index contributed by atoms with van der Waals surface area (Å²) in [7, 11) is 3.21. The average Bonchev–Trinajstić information content (AvgIpc) is 2.28. The van der Waals surface area contributed by atoms with Crippen molar-refractivity contribution in [1.82, 2.24) is 4.90 Å². The fourth-order valence-corrected chi connectivity index (χ4v) is 1.63. The summed E-state index contributed by atoms with van der Waals surface area (Å²) in [5, 5.41) is 9.64. The summed E-state index contributed by atoms with van der Waals surface area (Å²) in [5.41, 5.74) is 6.42. The van der Waals surface area contributed by atoms with E-state index in [-0.39, 0.29) is 30.1 Å². The predicted molar refractivity (Wildman–Crippen MR) is 76.6 cm³/mol. The Labute approximate surface area is 119 Å². The molecule has 0 heterocycles. The third-order valence-corrected chi connectivity index (χ3v) is 2.59. The third-order valence-electron chi connectivity index (χ3n) is 2.59. The van der Waals surface area contributed by atoms with E-state index in [1.165, 1.54) is 7.11 Å². The molecule has 0 saturated carbocycles. The maximum Gasteiger partial charge on any atom is 0.224 e. The van der Waals surface area contributed by atoms with Crippen LogP contribution in [0.25, 0.3) is 0 Å². The number of phenolic OH excluding ortho intramolecular Hbond substituents is 1. The number of benzene rings is 1. The lowest BCUT2D eigenvalue weighted by atomic mass is 10.1. The molecule has 1 aromatic rings. The highest BCUT2D eigenvalue weighted by Gasteiger charge is 2.12. The standard InChI is InChI=1S/C13H20N2O3.ClH/c1-9(14)6-13(17)15(2)8-10-4-5-12(18-3)11(16)7-10;/h4-5,7,9,16H,6,8,14H2,1-3H3;1H. The third kappa shape index (κ3) is 5.36. The van der Waals surface area contributed by atoms with Crippen molar-refractivity contribution in [3.8, 4) is 11.5 Å². The Morgan fingerprint density at radius 1 is 1.53 bits per heavy atom. The molecule has 1 atom stereocenters. The van der Waals surface area contributed by atoms with Crippen LogP contribution in [0.1, 0.15) is 18.9 Å². The van der Waals surface area contributed by atoms with Crippen molar-refractivity contribution in [1.29, 1.82) is 0 Å². The number of amides is 1. The molecule has 0 fully saturated rings. The Morgan fingerprint density at radius 3 is 2.63 bits per heavy atom. The fourth-order valence-electron chi connectivity index (χ4n) is 1.63. The molecule has 0 aromatic heterocycles. The Morgan fingerprint density at radius 2 is 2.16 bits per heavy atom. The van der Waals surface area contributed by atoms with E-state index in [0.29, 0.717) is 18.7 Å². The lowest BCUT2D eigenvalue weighted by molar-refractivity contribution is -0.130. The highest BCUT2D eigenvalue weighted by molar-refractivity contribution is 5.85. The van der Waals surface area contributed by atoms with Crippen molar-refractivity contribution in [2.24, 2.45) is 5.73 Å². The van der Waals surface area contributed by atoms with E-state index < -0.39 is 0 Å². The van der Waals surface area contributed by atoms with Gasteiger partial charge in [-0.3, -0.25) is 4.79 Å². The van der Waals surface area contributed by atoms with E-state index in [1.807, 2.05) is 6.07 Å². The summed E-state index contributed by atoms with van der Waals surface area (Å²) < 4.78 is 4.96. The van der Waals surface area contributed by atoms with E-state index in [0.717, 1.165) is 5.56 Å². The number of nitrogens with two attached hydrogens (primary N) is 1. The van der Waals surface area contributed by atoms with Crippen molar-refractivity contribution < 1.29 is 14.6 Å². The number of carbonyl (C=O) groups is 1. The van der Waals surface area contributed by atoms with Crippen LogP contribution in [0, 0.1) is 0 Å². The van der Waals surface area contributed by atoms with Crippen LogP contribution in [-0.2, 0) is 11.3 Å². The van der Waals surface area contributed by atoms with Crippen molar-refractivity contribution in [3.05, 3.63) is 23.8 Å². The monoisotopic (exact) mass is 288 g/mol. The molecule has 3 N–H and O–H groups in total. The molecule has 5 nitrogen and oxygen atoms in total. The Balaban J connectivity index is 0.00000324. The van der Waals surface area contributed by atoms with Gasteiger partial charge in [0.1, 0.15) is 0 Å². The highest BCUT2D eigenvalue weighted by Crippen LogP contribution is 2.26. The first-order valence-corrected chi connectivity index (χ1v) is 5.79. The summed E-state index contributed by atoms with van der Waals surface area (Å²) in [4.78, 5) is 13.3. The smallest absolute Gasteiger partial charge is 0.224 e. The van der Waals surface area contributed by atoms with Crippen LogP contribution in [0.3, 0.4) is 0 Å². The number of hydrogen-bond donors (Lipinski definition) is 2. The molecular weight excluding hydrogens is 268 g/mol. The summed E-state index contributed by atoms with van der Waals surface area (Å²) in [5.74, 6) is 0.478. The molecule has 0 aliphatic heterocycles. The zero-order valence-corrected chi connectivity index (χ0v) is 12.2. The van der Waals surface area contributed by atoms with E-state index in [2.05, 4.69) is 0 Å². The summed E-state index contributed by atoms with van der Waals surface area (Å²) in [6.07, 6.45) is 0.318. The van der Waals surface area contributed by atoms with E-state index >= 15 is 0 Å². The van der Waals surface area contributed by atoms with Crippen LogP contribution in [-0.4, -0.2) is 36.1 Å². The Bertz CT molecular complexity index is 424. The van der Waals surface area contributed by atoms with Crippen LogP contribution in [0.15, 0.2) is 18.2 Å². The minimum Gasteiger partial charge on any atom is -0.504 e. The molecule has 0 radical (unpaired) electrons. The zero-order chi connectivity index (χ0) is 13.7. The van der Waals surface area contributed by atoms with Gasteiger partial charge in [0.05, 0.1) is 7.11 Å². The van der Waals surface area contributed by atoms with Crippen LogP contribution in [0.2, 0.25) is 0 Å². The van der Waals surface area contributed by atoms with Gasteiger partial charge in [-0.1, -0.05) is 6.07 Å². The summed E-state index contributed by atoms with van der Waals surface area (Å²) in [6.45, 7) is 2.23. The minimum atomic E-state index is -0.149. The predicted octanol–water partition coefficient (Wildman–Crippen LogP) is 1.52. The van der Waals surface area contributed by atoms with E-state index in [1.54, 1.807) is 31.0 Å². The van der Waals surface area contributed by atoms with Crippen LogP contribution in [0.4, 0.5) is 0 Å². The van der Waals surface area contributed by atoms with Crippen molar-refractivity contribution in [2.45, 2.75) is 25.9 Å². The molecule has 0 bridgehead atoms. The van der Waals surface area contributed by atoms with Gasteiger partial charge in [-0.05, 0) is 24.6 Å². The van der Waals surface area contributed by atoms with Gasteiger partial charge >= 0.3 is 0 Å². The van der Waals surface area contributed by atoms with Gasteiger partial charge in [-0.2, -0.15) is 0 Å². The van der Waals surface area contributed by atoms with Gasteiger partial charge in [0, 0.05) is 26.1 Å². The SMILES string of the molecule is COc1ccc(CN(C)C(=O)CC(C)N)cc1O.Cl. The number of phenols is 1. The largest absolute Gasteiger partial charge is 0.504 e. The number of nitrogens with zero attached hydrogens (tertiary/aromatic N) is 1. The number of methoxy groups -OCH3 is 1. The number of halogens is 1. The molecule has 0 spiro atoms. The first-order chi connectivity index (χ1) is 8.43. The number of rotatable bonds is 5. The molecule has 0 aliphatic rings. The van der Waals surface area contributed by atoms with Crippen LogP contribution in [0.5, 0.6) is 11.5 Å².